The topological polar surface area (TPSA) is 156 Å². The van der Waals surface area contributed by atoms with Crippen LogP contribution in [0.3, 0.4) is 0 Å². The van der Waals surface area contributed by atoms with Gasteiger partial charge in [0.1, 0.15) is 17.8 Å². The molecule has 30 heavy (non-hydrogen) atoms. The summed E-state index contributed by atoms with van der Waals surface area (Å²) in [5.41, 5.74) is 4.65. The van der Waals surface area contributed by atoms with Crippen molar-refractivity contribution in [2.45, 2.75) is 31.4 Å². The second kappa shape index (κ2) is 8.28. The van der Waals surface area contributed by atoms with Gasteiger partial charge in [0.2, 0.25) is 0 Å². The van der Waals surface area contributed by atoms with Gasteiger partial charge in [-0.3, -0.25) is 14.1 Å². The molecule has 4 N–H and O–H groups in total. The highest BCUT2D eigenvalue weighted by Gasteiger charge is 2.29. The zero-order valence-corrected chi connectivity index (χ0v) is 16.7. The summed E-state index contributed by atoms with van der Waals surface area (Å²) in [6.07, 6.45) is 4.20. The highest BCUT2D eigenvalue weighted by Crippen LogP contribution is 2.27. The van der Waals surface area contributed by atoms with Crippen molar-refractivity contribution in [3.05, 3.63) is 58.9 Å². The number of rotatable bonds is 8. The molecule has 158 valence electrons. The van der Waals surface area contributed by atoms with Gasteiger partial charge in [0.05, 0.1) is 21.9 Å². The van der Waals surface area contributed by atoms with Crippen molar-refractivity contribution in [3.8, 4) is 0 Å². The van der Waals surface area contributed by atoms with Crippen molar-refractivity contribution in [3.63, 3.8) is 0 Å². The molecule has 9 nitrogen and oxygen atoms in total. The molecule has 2 heterocycles. The van der Waals surface area contributed by atoms with Gasteiger partial charge in [0.15, 0.2) is 5.78 Å². The van der Waals surface area contributed by atoms with Crippen LogP contribution in [0, 0.1) is 5.82 Å². The summed E-state index contributed by atoms with van der Waals surface area (Å²) in [7, 11) is -4.45. The van der Waals surface area contributed by atoms with Crippen molar-refractivity contribution in [1.82, 2.24) is 15.0 Å². The fourth-order valence-corrected chi connectivity index (χ4v) is 4.25. The van der Waals surface area contributed by atoms with Gasteiger partial charge in [-0.2, -0.15) is 8.42 Å². The molecule has 1 amide bonds. The fraction of sp³-hybridized carbons (Fsp3) is 0.263. The maximum Gasteiger partial charge on any atom is 0.268 e. The molecule has 0 saturated heterocycles. The molecule has 0 aliphatic heterocycles. The number of nitrogens with one attached hydrogen (secondary N) is 1. The smallest absolute Gasteiger partial charge is 0.268 e. The summed E-state index contributed by atoms with van der Waals surface area (Å²) in [5, 5.41) is -0.906. The van der Waals surface area contributed by atoms with Crippen molar-refractivity contribution in [2.24, 2.45) is 5.73 Å². The van der Waals surface area contributed by atoms with Crippen molar-refractivity contribution in [1.29, 1.82) is 0 Å². The minimum atomic E-state index is -4.45. The highest BCUT2D eigenvalue weighted by molar-refractivity contribution is 7.86. The fourth-order valence-electron chi connectivity index (χ4n) is 3.33. The molecule has 0 saturated carbocycles. The van der Waals surface area contributed by atoms with Crippen molar-refractivity contribution in [2.75, 3.05) is 0 Å². The normalized spacial score (nSPS) is 12.8. The second-order valence-electron chi connectivity index (χ2n) is 6.77. The van der Waals surface area contributed by atoms with Crippen LogP contribution in [0.15, 0.2) is 30.9 Å². The second-order valence-corrected chi connectivity index (χ2v) is 8.47. The van der Waals surface area contributed by atoms with E-state index in [9.17, 15) is 22.6 Å². The van der Waals surface area contributed by atoms with Crippen LogP contribution in [0.5, 0.6) is 0 Å². The van der Waals surface area contributed by atoms with E-state index in [0.29, 0.717) is 17.5 Å². The molecule has 2 aromatic heterocycles. The van der Waals surface area contributed by atoms with E-state index >= 15 is 4.39 Å². The number of hydrogen-bond donors (Lipinski definition) is 3. The van der Waals surface area contributed by atoms with E-state index in [4.69, 9.17) is 5.73 Å². The number of amides is 1. The summed E-state index contributed by atoms with van der Waals surface area (Å²) in [5.74, 6) is -3.02. The molecule has 0 fully saturated rings. The summed E-state index contributed by atoms with van der Waals surface area (Å²) in [4.78, 5) is 35.5. The van der Waals surface area contributed by atoms with Crippen LogP contribution in [0.2, 0.25) is 0 Å². The van der Waals surface area contributed by atoms with Gasteiger partial charge in [0, 0.05) is 17.8 Å². The van der Waals surface area contributed by atoms with Gasteiger partial charge in [-0.25, -0.2) is 14.4 Å². The maximum atomic E-state index is 15.2. The molecular formula is C19H19FN4O5S. The number of ketones is 1. The predicted octanol–water partition coefficient (Wildman–Crippen LogP) is 2.03. The Morgan fingerprint density at radius 2 is 2.03 bits per heavy atom. The van der Waals surface area contributed by atoms with Crippen LogP contribution in [0.25, 0.3) is 11.0 Å². The molecule has 1 unspecified atom stereocenters. The summed E-state index contributed by atoms with van der Waals surface area (Å²) >= 11 is 0. The van der Waals surface area contributed by atoms with Crippen LogP contribution in [-0.2, 0) is 16.5 Å². The van der Waals surface area contributed by atoms with E-state index in [1.54, 1.807) is 6.92 Å². The number of carbonyl (C=O) groups is 2. The third-order valence-corrected chi connectivity index (χ3v) is 6.05. The van der Waals surface area contributed by atoms with E-state index in [1.165, 1.54) is 24.8 Å². The SMILES string of the molecule is CCCC(Cc1ccc(C(N)=O)c(F)c1C(=O)c1c[nH]c2ncncc12)S(=O)(=O)O. The van der Waals surface area contributed by atoms with Gasteiger partial charge in [-0.15, -0.1) is 0 Å². The Labute approximate surface area is 171 Å². The zero-order valence-electron chi connectivity index (χ0n) is 15.9. The Morgan fingerprint density at radius 1 is 1.30 bits per heavy atom. The monoisotopic (exact) mass is 434 g/mol. The Balaban J connectivity index is 2.19. The Morgan fingerprint density at radius 3 is 2.67 bits per heavy atom. The average molecular weight is 434 g/mol. The maximum absolute atomic E-state index is 15.2. The third-order valence-electron chi connectivity index (χ3n) is 4.80. The number of primary amides is 1. The Kier molecular flexibility index (Phi) is 5.94. The van der Waals surface area contributed by atoms with Crippen molar-refractivity contribution < 1.29 is 27.0 Å². The van der Waals surface area contributed by atoms with E-state index in [0.717, 1.165) is 6.07 Å². The van der Waals surface area contributed by atoms with Crippen LogP contribution in [0.4, 0.5) is 4.39 Å². The van der Waals surface area contributed by atoms with Crippen LogP contribution >= 0.6 is 0 Å². The number of carbonyl (C=O) groups excluding carboxylic acids is 2. The lowest BCUT2D eigenvalue weighted by Crippen LogP contribution is -2.25. The van der Waals surface area contributed by atoms with E-state index in [-0.39, 0.29) is 24.0 Å². The first kappa shape index (κ1) is 21.5. The summed E-state index contributed by atoms with van der Waals surface area (Å²) in [6, 6.07) is 2.37. The standard InChI is InChI=1S/C19H19FN4O5S/c1-2-3-11(30(27,28)29)6-10-4-5-12(18(21)26)16(20)15(10)17(25)13-8-23-19-14(13)7-22-9-24-19/h4-5,7-9,11H,2-3,6H2,1H3,(H2,21,26)(H,22,23,24)(H,27,28,29). The molecule has 11 heteroatoms. The molecule has 3 rings (SSSR count). The first-order valence-electron chi connectivity index (χ1n) is 9.04. The molecule has 0 aliphatic rings. The van der Waals surface area contributed by atoms with E-state index in [1.807, 2.05) is 0 Å². The number of benzene rings is 1. The largest absolute Gasteiger partial charge is 0.366 e. The quantitative estimate of drug-likeness (QED) is 0.362. The number of hydrogen-bond acceptors (Lipinski definition) is 6. The Hall–Kier alpha value is -3.18. The number of H-pyrrole nitrogens is 1. The number of fused-ring (bicyclic) bond motifs is 1. The van der Waals surface area contributed by atoms with Crippen LogP contribution < -0.4 is 5.73 Å². The van der Waals surface area contributed by atoms with Gasteiger partial charge in [-0.05, 0) is 24.5 Å². The number of nitrogens with zero attached hydrogens (tertiary/aromatic N) is 2. The average Bonchev–Trinajstić information content (AvgIpc) is 3.10. The number of aromatic amines is 1. The molecule has 0 radical (unpaired) electrons. The lowest BCUT2D eigenvalue weighted by Gasteiger charge is -2.17. The molecule has 1 atom stereocenters. The molecule has 0 spiro atoms. The van der Waals surface area contributed by atoms with Crippen molar-refractivity contribution >= 4 is 32.8 Å². The first-order chi connectivity index (χ1) is 14.1. The zero-order chi connectivity index (χ0) is 22.1. The number of nitrogens with two attached hydrogens (primary N) is 1. The molecule has 1 aromatic carbocycles. The predicted molar refractivity (Wildman–Crippen MR) is 106 cm³/mol. The van der Waals surface area contributed by atoms with Gasteiger partial charge < -0.3 is 10.7 Å². The minimum Gasteiger partial charge on any atom is -0.366 e. The molecule has 0 bridgehead atoms. The lowest BCUT2D eigenvalue weighted by molar-refractivity contribution is 0.0996. The molecule has 0 aliphatic carbocycles. The molecule has 3 aromatic rings. The van der Waals surface area contributed by atoms with E-state index < -0.39 is 44.0 Å². The highest BCUT2D eigenvalue weighted by atomic mass is 32.2. The number of halogens is 1. The lowest BCUT2D eigenvalue weighted by atomic mass is 9.92. The Bertz CT molecular complexity index is 1240. The number of aromatic nitrogens is 3. The third kappa shape index (κ3) is 4.07. The summed E-state index contributed by atoms with van der Waals surface area (Å²) in [6.45, 7) is 1.73. The summed E-state index contributed by atoms with van der Waals surface area (Å²) < 4.78 is 48.2. The van der Waals surface area contributed by atoms with Gasteiger partial charge >= 0.3 is 0 Å². The van der Waals surface area contributed by atoms with E-state index in [2.05, 4.69) is 15.0 Å². The molecular weight excluding hydrogens is 415 g/mol. The van der Waals surface area contributed by atoms with Gasteiger partial charge in [-0.1, -0.05) is 19.4 Å². The van der Waals surface area contributed by atoms with Crippen LogP contribution in [0.1, 0.15) is 51.6 Å². The van der Waals surface area contributed by atoms with Gasteiger partial charge in [0.25, 0.3) is 16.0 Å². The first-order valence-corrected chi connectivity index (χ1v) is 10.5. The van der Waals surface area contributed by atoms with Crippen LogP contribution in [-0.4, -0.2) is 44.9 Å². The minimum absolute atomic E-state index is 0.0322.